The van der Waals surface area contributed by atoms with Crippen LogP contribution in [0.4, 0.5) is 0 Å². The summed E-state index contributed by atoms with van der Waals surface area (Å²) in [6.07, 6.45) is 0. The van der Waals surface area contributed by atoms with Gasteiger partial charge in [0.2, 0.25) is 0 Å². The second kappa shape index (κ2) is 13.6. The van der Waals surface area contributed by atoms with Crippen molar-refractivity contribution >= 4 is 31.5 Å². The number of benzene rings is 9. The monoisotopic (exact) mass is 805 g/mol. The van der Waals surface area contributed by atoms with Gasteiger partial charge >= 0.3 is 0 Å². The minimum atomic E-state index is -0.357. The van der Waals surface area contributed by atoms with E-state index in [1.54, 1.807) is 11.3 Å². The summed E-state index contributed by atoms with van der Waals surface area (Å²) in [6.45, 7) is 0. The Hall–Kier alpha value is -7.79. The summed E-state index contributed by atoms with van der Waals surface area (Å²) < 4.78 is 2.44. The Labute approximate surface area is 363 Å². The predicted octanol–water partition coefficient (Wildman–Crippen LogP) is 14.9. The van der Waals surface area contributed by atoms with Gasteiger partial charge in [0, 0.05) is 36.9 Å². The lowest BCUT2D eigenvalue weighted by molar-refractivity contribution is 0.794. The highest BCUT2D eigenvalue weighted by molar-refractivity contribution is 7.26. The van der Waals surface area contributed by atoms with Crippen LogP contribution in [-0.2, 0) is 5.41 Å². The molecule has 0 fully saturated rings. The molecular weight excluding hydrogens is 771 g/mol. The Kier molecular flexibility index (Phi) is 7.69. The van der Waals surface area contributed by atoms with E-state index in [4.69, 9.17) is 15.0 Å². The number of aromatic nitrogens is 3. The molecule has 2 aliphatic rings. The van der Waals surface area contributed by atoms with Crippen LogP contribution in [0, 0.1) is 0 Å². The second-order valence-corrected chi connectivity index (χ2v) is 17.3. The van der Waals surface area contributed by atoms with Gasteiger partial charge in [-0.15, -0.1) is 11.3 Å². The Morgan fingerprint density at radius 1 is 0.290 bits per heavy atom. The molecule has 0 unspecified atom stereocenters. The van der Waals surface area contributed by atoms with E-state index in [1.165, 1.54) is 75.8 Å². The SMILES string of the molecule is c1ccc(-c2nc(-c3ccc(-c4ccc(-c5ccc6c(c5)C5(c7ccccc7-c7ccccc75)c5ccccc5-6)cc4)cc3)nc(-c3cccc4c3sc3ccccc34)n2)cc1. The van der Waals surface area contributed by atoms with Crippen molar-refractivity contribution < 1.29 is 0 Å². The van der Waals surface area contributed by atoms with Gasteiger partial charge in [0.1, 0.15) is 0 Å². The molecule has 62 heavy (non-hydrogen) atoms. The maximum atomic E-state index is 5.14. The topological polar surface area (TPSA) is 38.7 Å². The zero-order valence-electron chi connectivity index (χ0n) is 33.5. The van der Waals surface area contributed by atoms with Gasteiger partial charge in [-0.25, -0.2) is 15.0 Å². The fourth-order valence-corrected chi connectivity index (χ4v) is 11.4. The average molecular weight is 806 g/mol. The molecule has 0 aliphatic heterocycles. The highest BCUT2D eigenvalue weighted by atomic mass is 32.1. The highest BCUT2D eigenvalue weighted by Gasteiger charge is 2.51. The summed E-state index contributed by atoms with van der Waals surface area (Å²) in [6, 6.07) is 76.8. The molecule has 288 valence electrons. The maximum absolute atomic E-state index is 5.14. The fourth-order valence-electron chi connectivity index (χ4n) is 10.2. The fraction of sp³-hybridized carbons (Fsp3) is 0.0172. The third-order valence-electron chi connectivity index (χ3n) is 13.0. The van der Waals surface area contributed by atoms with Gasteiger partial charge in [-0.1, -0.05) is 194 Å². The molecule has 0 amide bonds. The van der Waals surface area contributed by atoms with Crippen molar-refractivity contribution in [2.24, 2.45) is 0 Å². The van der Waals surface area contributed by atoms with Crippen molar-refractivity contribution in [2.75, 3.05) is 0 Å². The third kappa shape index (κ3) is 5.14. The average Bonchev–Trinajstić information content (AvgIpc) is 3.98. The summed E-state index contributed by atoms with van der Waals surface area (Å²) >= 11 is 1.79. The van der Waals surface area contributed by atoms with Gasteiger partial charge in [0.15, 0.2) is 17.5 Å². The summed E-state index contributed by atoms with van der Waals surface area (Å²) in [7, 11) is 0. The van der Waals surface area contributed by atoms with Gasteiger partial charge in [0.25, 0.3) is 0 Å². The van der Waals surface area contributed by atoms with E-state index in [1.807, 2.05) is 18.2 Å². The van der Waals surface area contributed by atoms with Gasteiger partial charge in [-0.05, 0) is 85.0 Å². The van der Waals surface area contributed by atoms with Gasteiger partial charge < -0.3 is 0 Å². The molecule has 0 radical (unpaired) electrons. The molecule has 0 N–H and O–H groups in total. The van der Waals surface area contributed by atoms with Gasteiger partial charge in [0.05, 0.1) is 5.41 Å². The van der Waals surface area contributed by atoms with Crippen molar-refractivity contribution in [1.82, 2.24) is 15.0 Å². The first-order valence-corrected chi connectivity index (χ1v) is 21.9. The molecule has 2 heterocycles. The minimum Gasteiger partial charge on any atom is -0.208 e. The first kappa shape index (κ1) is 35.0. The number of hydrogen-bond donors (Lipinski definition) is 0. The van der Waals surface area contributed by atoms with E-state index in [0.717, 1.165) is 27.8 Å². The number of hydrogen-bond acceptors (Lipinski definition) is 4. The van der Waals surface area contributed by atoms with Gasteiger partial charge in [-0.2, -0.15) is 0 Å². The zero-order chi connectivity index (χ0) is 40.8. The van der Waals surface area contributed by atoms with Crippen molar-refractivity contribution in [3.8, 4) is 78.7 Å². The quantitative estimate of drug-likeness (QED) is 0.174. The first-order chi connectivity index (χ1) is 30.7. The molecule has 0 bridgehead atoms. The van der Waals surface area contributed by atoms with Crippen LogP contribution < -0.4 is 0 Å². The van der Waals surface area contributed by atoms with Crippen LogP contribution in [0.3, 0.4) is 0 Å². The van der Waals surface area contributed by atoms with E-state index in [9.17, 15) is 0 Å². The number of thiophene rings is 1. The zero-order valence-corrected chi connectivity index (χ0v) is 34.3. The molecule has 13 rings (SSSR count). The van der Waals surface area contributed by atoms with Crippen LogP contribution in [0.15, 0.2) is 212 Å². The van der Waals surface area contributed by atoms with E-state index < -0.39 is 0 Å². The molecule has 11 aromatic rings. The van der Waals surface area contributed by atoms with E-state index in [-0.39, 0.29) is 5.41 Å². The molecule has 0 saturated carbocycles. The standard InChI is InChI=1S/C58H35N3S/c1-2-13-39(14-3-1)55-59-56(61-57(60-55)48-20-12-19-47-46-18-7-11-24-53(46)62-54(47)48)40-31-29-37(30-32-40)36-25-27-38(28-26-36)41-33-34-45-44-17-6-10-23-51(44)58(52(45)35-41)49-21-8-4-15-42(49)43-16-5-9-22-50(43)58/h1-35H. The van der Waals surface area contributed by atoms with Gasteiger partial charge in [-0.3, -0.25) is 0 Å². The van der Waals surface area contributed by atoms with Crippen LogP contribution in [0.1, 0.15) is 22.3 Å². The number of fused-ring (bicyclic) bond motifs is 13. The van der Waals surface area contributed by atoms with Crippen molar-refractivity contribution in [3.05, 3.63) is 235 Å². The molecule has 3 nitrogen and oxygen atoms in total. The second-order valence-electron chi connectivity index (χ2n) is 16.3. The van der Waals surface area contributed by atoms with E-state index >= 15 is 0 Å². The molecular formula is C58H35N3S. The largest absolute Gasteiger partial charge is 0.208 e. The van der Waals surface area contributed by atoms with Crippen LogP contribution in [-0.4, -0.2) is 15.0 Å². The number of nitrogens with zero attached hydrogens (tertiary/aromatic N) is 3. The van der Waals surface area contributed by atoms with Crippen molar-refractivity contribution in [1.29, 1.82) is 0 Å². The summed E-state index contributed by atoms with van der Waals surface area (Å²) in [5.41, 5.74) is 18.0. The molecule has 2 aromatic heterocycles. The summed E-state index contributed by atoms with van der Waals surface area (Å²) in [5.74, 6) is 1.98. The molecule has 4 heteroatoms. The lowest BCUT2D eigenvalue weighted by atomic mass is 9.70. The molecule has 1 spiro atoms. The summed E-state index contributed by atoms with van der Waals surface area (Å²) in [5, 5.41) is 2.47. The lowest BCUT2D eigenvalue weighted by Gasteiger charge is -2.30. The Morgan fingerprint density at radius 2 is 0.726 bits per heavy atom. The van der Waals surface area contributed by atoms with Crippen molar-refractivity contribution in [2.45, 2.75) is 5.41 Å². The van der Waals surface area contributed by atoms with Crippen LogP contribution in [0.5, 0.6) is 0 Å². The smallest absolute Gasteiger partial charge is 0.165 e. The van der Waals surface area contributed by atoms with Crippen LogP contribution in [0.2, 0.25) is 0 Å². The third-order valence-corrected chi connectivity index (χ3v) is 14.2. The molecule has 9 aromatic carbocycles. The minimum absolute atomic E-state index is 0.357. The van der Waals surface area contributed by atoms with E-state index in [2.05, 4.69) is 194 Å². The Morgan fingerprint density at radius 3 is 1.35 bits per heavy atom. The highest BCUT2D eigenvalue weighted by Crippen LogP contribution is 2.63. The molecule has 2 aliphatic carbocycles. The van der Waals surface area contributed by atoms with E-state index in [0.29, 0.717) is 17.5 Å². The Bertz CT molecular complexity index is 3500. The molecule has 0 atom stereocenters. The number of rotatable bonds is 5. The normalized spacial score (nSPS) is 13.0. The summed E-state index contributed by atoms with van der Waals surface area (Å²) in [4.78, 5) is 15.3. The van der Waals surface area contributed by atoms with Crippen molar-refractivity contribution in [3.63, 3.8) is 0 Å². The Balaban J connectivity index is 0.860. The van der Waals surface area contributed by atoms with Crippen LogP contribution in [0.25, 0.3) is 98.8 Å². The van der Waals surface area contributed by atoms with Crippen LogP contribution >= 0.6 is 11.3 Å². The predicted molar refractivity (Wildman–Crippen MR) is 256 cm³/mol. The maximum Gasteiger partial charge on any atom is 0.165 e. The lowest BCUT2D eigenvalue weighted by Crippen LogP contribution is -2.25. The first-order valence-electron chi connectivity index (χ1n) is 21.1. The molecule has 0 saturated heterocycles.